The minimum Gasteiger partial charge on any atom is -0.481 e. The Morgan fingerprint density at radius 2 is 2.04 bits per heavy atom. The first-order valence-corrected chi connectivity index (χ1v) is 9.07. The van der Waals surface area contributed by atoms with Crippen molar-refractivity contribution in [1.29, 1.82) is 0 Å². The molecule has 1 amide bonds. The smallest absolute Gasteiger partial charge is 0.258 e. The molecular weight excluding hydrogens is 324 g/mol. The molecule has 4 nitrogen and oxygen atoms in total. The van der Waals surface area contributed by atoms with Crippen LogP contribution in [0.25, 0.3) is 10.9 Å². The predicted octanol–water partition coefficient (Wildman–Crippen LogP) is 4.12. The van der Waals surface area contributed by atoms with Gasteiger partial charge in [-0.15, -0.1) is 0 Å². The summed E-state index contributed by atoms with van der Waals surface area (Å²) in [4.78, 5) is 17.0. The van der Waals surface area contributed by atoms with E-state index in [1.54, 1.807) is 0 Å². The molecule has 4 heteroatoms. The average molecular weight is 346 g/mol. The van der Waals surface area contributed by atoms with E-state index in [0.717, 1.165) is 35.9 Å². The molecule has 3 aromatic rings. The lowest BCUT2D eigenvalue weighted by Crippen LogP contribution is -2.34. The molecular formula is C22H22N2O2. The lowest BCUT2D eigenvalue weighted by atomic mass is 9.88. The van der Waals surface area contributed by atoms with E-state index in [-0.39, 0.29) is 18.6 Å². The van der Waals surface area contributed by atoms with Crippen LogP contribution in [0.2, 0.25) is 0 Å². The number of benzene rings is 2. The number of ether oxygens (including phenoxy) is 1. The summed E-state index contributed by atoms with van der Waals surface area (Å²) in [5.41, 5.74) is 4.29. The van der Waals surface area contributed by atoms with Crippen LogP contribution in [0, 0.1) is 6.92 Å². The number of rotatable bonds is 4. The van der Waals surface area contributed by atoms with Gasteiger partial charge in [-0.25, -0.2) is 4.98 Å². The molecule has 2 aromatic carbocycles. The van der Waals surface area contributed by atoms with Crippen molar-refractivity contribution >= 4 is 16.8 Å². The van der Waals surface area contributed by atoms with Gasteiger partial charge in [0.05, 0.1) is 6.04 Å². The molecule has 0 saturated carbocycles. The van der Waals surface area contributed by atoms with Crippen molar-refractivity contribution in [2.24, 2.45) is 0 Å². The van der Waals surface area contributed by atoms with Crippen LogP contribution < -0.4 is 10.1 Å². The van der Waals surface area contributed by atoms with Crippen LogP contribution in [0.5, 0.6) is 5.75 Å². The van der Waals surface area contributed by atoms with Crippen molar-refractivity contribution < 1.29 is 9.53 Å². The SMILES string of the molecule is Cc1ccc2cccc(OCC(=O)N[C@H]3CCCc4ccccc43)c2n1. The maximum absolute atomic E-state index is 12.4. The van der Waals surface area contributed by atoms with Crippen molar-refractivity contribution in [2.75, 3.05) is 6.61 Å². The van der Waals surface area contributed by atoms with Crippen LogP contribution >= 0.6 is 0 Å². The van der Waals surface area contributed by atoms with E-state index in [2.05, 4.69) is 28.5 Å². The molecule has 0 fully saturated rings. The lowest BCUT2D eigenvalue weighted by Gasteiger charge is -2.26. The van der Waals surface area contributed by atoms with Crippen molar-refractivity contribution in [1.82, 2.24) is 10.3 Å². The Morgan fingerprint density at radius 1 is 1.15 bits per heavy atom. The van der Waals surface area contributed by atoms with Gasteiger partial charge in [-0.1, -0.05) is 42.5 Å². The molecule has 1 N–H and O–H groups in total. The highest BCUT2D eigenvalue weighted by Crippen LogP contribution is 2.29. The number of fused-ring (bicyclic) bond motifs is 2. The average Bonchev–Trinajstić information content (AvgIpc) is 2.66. The molecule has 0 saturated heterocycles. The topological polar surface area (TPSA) is 51.2 Å². The third kappa shape index (κ3) is 3.40. The van der Waals surface area contributed by atoms with Gasteiger partial charge in [0.15, 0.2) is 6.61 Å². The molecule has 0 unspecified atom stereocenters. The van der Waals surface area contributed by atoms with E-state index < -0.39 is 0 Å². The number of pyridine rings is 1. The molecule has 1 atom stereocenters. The predicted molar refractivity (Wildman–Crippen MR) is 102 cm³/mol. The number of aryl methyl sites for hydroxylation is 2. The minimum absolute atomic E-state index is 0.00655. The van der Waals surface area contributed by atoms with Crippen LogP contribution in [-0.2, 0) is 11.2 Å². The summed E-state index contributed by atoms with van der Waals surface area (Å²) >= 11 is 0. The van der Waals surface area contributed by atoms with Gasteiger partial charge >= 0.3 is 0 Å². The number of carbonyl (C=O) groups is 1. The van der Waals surface area contributed by atoms with Crippen LogP contribution in [0.15, 0.2) is 54.6 Å². The van der Waals surface area contributed by atoms with Gasteiger partial charge in [0.25, 0.3) is 5.91 Å². The van der Waals surface area contributed by atoms with E-state index in [1.165, 1.54) is 11.1 Å². The molecule has 132 valence electrons. The molecule has 26 heavy (non-hydrogen) atoms. The standard InChI is InChI=1S/C22H22N2O2/c1-15-12-13-17-8-5-11-20(22(17)23-15)26-14-21(25)24-19-10-4-7-16-6-2-3-9-18(16)19/h2-3,5-6,8-9,11-13,19H,4,7,10,14H2,1H3,(H,24,25)/t19-/m0/s1. The fourth-order valence-electron chi connectivity index (χ4n) is 3.62. The van der Waals surface area contributed by atoms with Crippen LogP contribution in [-0.4, -0.2) is 17.5 Å². The van der Waals surface area contributed by atoms with Crippen molar-refractivity contribution in [3.8, 4) is 5.75 Å². The number of amides is 1. The Balaban J connectivity index is 1.45. The first-order valence-electron chi connectivity index (χ1n) is 9.07. The molecule has 1 aliphatic carbocycles. The van der Waals surface area contributed by atoms with Gasteiger partial charge in [0.1, 0.15) is 11.3 Å². The maximum Gasteiger partial charge on any atom is 0.258 e. The van der Waals surface area contributed by atoms with Crippen LogP contribution in [0.1, 0.15) is 35.7 Å². The van der Waals surface area contributed by atoms with E-state index in [1.807, 2.05) is 43.3 Å². The summed E-state index contributed by atoms with van der Waals surface area (Å²) in [7, 11) is 0. The Hall–Kier alpha value is -2.88. The monoisotopic (exact) mass is 346 g/mol. The highest BCUT2D eigenvalue weighted by Gasteiger charge is 2.21. The van der Waals surface area contributed by atoms with Gasteiger partial charge in [-0.05, 0) is 49.4 Å². The highest BCUT2D eigenvalue weighted by molar-refractivity contribution is 5.85. The van der Waals surface area contributed by atoms with Crippen LogP contribution in [0.4, 0.5) is 0 Å². The summed E-state index contributed by atoms with van der Waals surface area (Å²) in [6.07, 6.45) is 3.15. The first-order chi connectivity index (χ1) is 12.7. The van der Waals surface area contributed by atoms with Gasteiger partial charge in [-0.2, -0.15) is 0 Å². The number of carbonyl (C=O) groups excluding carboxylic acids is 1. The summed E-state index contributed by atoms with van der Waals surface area (Å²) in [5, 5.41) is 4.13. The third-order valence-electron chi connectivity index (χ3n) is 4.89. The molecule has 0 aliphatic heterocycles. The zero-order valence-electron chi connectivity index (χ0n) is 14.9. The number of para-hydroxylation sites is 1. The van der Waals surface area contributed by atoms with E-state index in [9.17, 15) is 4.79 Å². The Kier molecular flexibility index (Phi) is 4.57. The Bertz CT molecular complexity index is 952. The second kappa shape index (κ2) is 7.16. The molecule has 1 aliphatic rings. The largest absolute Gasteiger partial charge is 0.481 e. The number of nitrogens with one attached hydrogen (secondary N) is 1. The summed E-state index contributed by atoms with van der Waals surface area (Å²) < 4.78 is 5.79. The number of hydrogen-bond acceptors (Lipinski definition) is 3. The van der Waals surface area contributed by atoms with Gasteiger partial charge in [0, 0.05) is 11.1 Å². The first kappa shape index (κ1) is 16.6. The van der Waals surface area contributed by atoms with Crippen molar-refractivity contribution in [3.05, 3.63) is 71.4 Å². The Morgan fingerprint density at radius 3 is 2.96 bits per heavy atom. The molecule has 1 heterocycles. The minimum atomic E-state index is -0.101. The van der Waals surface area contributed by atoms with Crippen molar-refractivity contribution in [2.45, 2.75) is 32.2 Å². The number of aromatic nitrogens is 1. The zero-order valence-corrected chi connectivity index (χ0v) is 14.9. The maximum atomic E-state index is 12.4. The summed E-state index contributed by atoms with van der Waals surface area (Å²) in [6, 6.07) is 18.2. The molecule has 0 spiro atoms. The van der Waals surface area contributed by atoms with Gasteiger partial charge < -0.3 is 10.1 Å². The second-order valence-electron chi connectivity index (χ2n) is 6.78. The van der Waals surface area contributed by atoms with E-state index in [0.29, 0.717) is 5.75 Å². The zero-order chi connectivity index (χ0) is 17.9. The van der Waals surface area contributed by atoms with Gasteiger partial charge in [0.2, 0.25) is 0 Å². The normalized spacial score (nSPS) is 16.1. The molecule has 1 aromatic heterocycles. The van der Waals surface area contributed by atoms with E-state index in [4.69, 9.17) is 4.74 Å². The summed E-state index contributed by atoms with van der Waals surface area (Å²) in [5.74, 6) is 0.543. The number of hydrogen-bond donors (Lipinski definition) is 1. The summed E-state index contributed by atoms with van der Waals surface area (Å²) in [6.45, 7) is 1.94. The molecule has 0 bridgehead atoms. The second-order valence-corrected chi connectivity index (χ2v) is 6.78. The fourth-order valence-corrected chi connectivity index (χ4v) is 3.62. The molecule has 4 rings (SSSR count). The molecule has 0 radical (unpaired) electrons. The number of nitrogens with zero attached hydrogens (tertiary/aromatic N) is 1. The lowest BCUT2D eigenvalue weighted by molar-refractivity contribution is -0.123. The quantitative estimate of drug-likeness (QED) is 0.773. The van der Waals surface area contributed by atoms with E-state index >= 15 is 0 Å². The van der Waals surface area contributed by atoms with Crippen molar-refractivity contribution in [3.63, 3.8) is 0 Å². The third-order valence-corrected chi connectivity index (χ3v) is 4.89. The van der Waals surface area contributed by atoms with Crippen LogP contribution in [0.3, 0.4) is 0 Å². The Labute approximate surface area is 153 Å². The van der Waals surface area contributed by atoms with Gasteiger partial charge in [-0.3, -0.25) is 4.79 Å². The highest BCUT2D eigenvalue weighted by atomic mass is 16.5. The fraction of sp³-hybridized carbons (Fsp3) is 0.273.